The smallest absolute Gasteiger partial charge is 0.246 e. The Morgan fingerprint density at radius 2 is 1.64 bits per heavy atom. The minimum Gasteiger partial charge on any atom is -0.493 e. The standard InChI is InChI=1S/C23H25NO4/c1-27-20-10-8-17(16-21(20)28-2)9-11-22(25)24-14-12-19(13-15-24)23(26)18-6-4-3-5-7-18/h3-11,16,19H,12-15H2,1-2H3/b11-9+. The quantitative estimate of drug-likeness (QED) is 0.565. The average Bonchev–Trinajstić information content (AvgIpc) is 2.77. The van der Waals surface area contributed by atoms with Crippen molar-refractivity contribution in [3.63, 3.8) is 0 Å². The number of piperidine rings is 1. The number of ether oxygens (including phenoxy) is 2. The van der Waals surface area contributed by atoms with Crippen molar-refractivity contribution in [1.29, 1.82) is 0 Å². The zero-order valence-electron chi connectivity index (χ0n) is 16.3. The summed E-state index contributed by atoms with van der Waals surface area (Å²) in [5.74, 6) is 1.39. The lowest BCUT2D eigenvalue weighted by atomic mass is 9.89. The minimum absolute atomic E-state index is 0.0127. The predicted molar refractivity (Wildman–Crippen MR) is 109 cm³/mol. The van der Waals surface area contributed by atoms with Crippen LogP contribution in [0.4, 0.5) is 0 Å². The van der Waals surface area contributed by atoms with Crippen molar-refractivity contribution in [2.75, 3.05) is 27.3 Å². The molecule has 0 unspecified atom stereocenters. The van der Waals surface area contributed by atoms with Gasteiger partial charge in [0.05, 0.1) is 14.2 Å². The highest BCUT2D eigenvalue weighted by Crippen LogP contribution is 2.28. The zero-order valence-corrected chi connectivity index (χ0v) is 16.3. The van der Waals surface area contributed by atoms with Gasteiger partial charge >= 0.3 is 0 Å². The van der Waals surface area contributed by atoms with Crippen molar-refractivity contribution in [2.24, 2.45) is 5.92 Å². The number of methoxy groups -OCH3 is 2. The molecule has 2 aromatic carbocycles. The van der Waals surface area contributed by atoms with Gasteiger partial charge in [-0.3, -0.25) is 9.59 Å². The molecule has 1 saturated heterocycles. The lowest BCUT2D eigenvalue weighted by Crippen LogP contribution is -2.39. The van der Waals surface area contributed by atoms with Crippen molar-refractivity contribution in [2.45, 2.75) is 12.8 Å². The number of hydrogen-bond donors (Lipinski definition) is 0. The third-order valence-electron chi connectivity index (χ3n) is 5.06. The molecule has 1 aliphatic heterocycles. The Bertz CT molecular complexity index is 852. The SMILES string of the molecule is COc1ccc(/C=C/C(=O)N2CCC(C(=O)c3ccccc3)CC2)cc1OC. The van der Waals surface area contributed by atoms with E-state index in [0.717, 1.165) is 11.1 Å². The van der Waals surface area contributed by atoms with Gasteiger partial charge in [-0.1, -0.05) is 36.4 Å². The number of hydrogen-bond acceptors (Lipinski definition) is 4. The molecule has 0 radical (unpaired) electrons. The highest BCUT2D eigenvalue weighted by atomic mass is 16.5. The summed E-state index contributed by atoms with van der Waals surface area (Å²) in [6.07, 6.45) is 4.74. The maximum Gasteiger partial charge on any atom is 0.246 e. The third kappa shape index (κ3) is 4.60. The Hall–Kier alpha value is -3.08. The van der Waals surface area contributed by atoms with Crippen LogP contribution in [0.15, 0.2) is 54.6 Å². The highest BCUT2D eigenvalue weighted by molar-refractivity contribution is 5.98. The van der Waals surface area contributed by atoms with Crippen LogP contribution in [0.25, 0.3) is 6.08 Å². The van der Waals surface area contributed by atoms with Crippen LogP contribution in [0.1, 0.15) is 28.8 Å². The van der Waals surface area contributed by atoms with Gasteiger partial charge in [0.1, 0.15) is 0 Å². The summed E-state index contributed by atoms with van der Waals surface area (Å²) in [6, 6.07) is 14.9. The molecule has 5 heteroatoms. The number of likely N-dealkylation sites (tertiary alicyclic amines) is 1. The van der Waals surface area contributed by atoms with Crippen LogP contribution >= 0.6 is 0 Å². The summed E-state index contributed by atoms with van der Waals surface area (Å²) in [5, 5.41) is 0. The maximum absolute atomic E-state index is 12.6. The van der Waals surface area contributed by atoms with Gasteiger partial charge in [0.2, 0.25) is 5.91 Å². The van der Waals surface area contributed by atoms with Gasteiger partial charge in [-0.15, -0.1) is 0 Å². The Kier molecular flexibility index (Phi) is 6.48. The van der Waals surface area contributed by atoms with Crippen LogP contribution in [-0.4, -0.2) is 43.9 Å². The van der Waals surface area contributed by atoms with Crippen LogP contribution < -0.4 is 9.47 Å². The normalized spacial score (nSPS) is 14.9. The molecular formula is C23H25NO4. The number of nitrogens with zero attached hydrogens (tertiary/aromatic N) is 1. The monoisotopic (exact) mass is 379 g/mol. The Morgan fingerprint density at radius 3 is 2.29 bits per heavy atom. The lowest BCUT2D eigenvalue weighted by Gasteiger charge is -2.30. The first-order chi connectivity index (χ1) is 13.6. The van der Waals surface area contributed by atoms with Gasteiger partial charge in [0.25, 0.3) is 0 Å². The van der Waals surface area contributed by atoms with Crippen molar-refractivity contribution in [3.8, 4) is 11.5 Å². The van der Waals surface area contributed by atoms with E-state index in [1.807, 2.05) is 48.5 Å². The molecule has 5 nitrogen and oxygen atoms in total. The van der Waals surface area contributed by atoms with Gasteiger partial charge in [0, 0.05) is 30.6 Å². The molecule has 0 spiro atoms. The topological polar surface area (TPSA) is 55.8 Å². The lowest BCUT2D eigenvalue weighted by molar-refractivity contribution is -0.127. The van der Waals surface area contributed by atoms with Gasteiger partial charge in [0.15, 0.2) is 17.3 Å². The molecule has 0 atom stereocenters. The molecule has 0 N–H and O–H groups in total. The Morgan fingerprint density at radius 1 is 0.964 bits per heavy atom. The minimum atomic E-state index is -0.0413. The number of ketones is 1. The van der Waals surface area contributed by atoms with Gasteiger partial charge in [-0.25, -0.2) is 0 Å². The second kappa shape index (κ2) is 9.22. The van der Waals surface area contributed by atoms with Gasteiger partial charge in [-0.2, -0.15) is 0 Å². The fourth-order valence-electron chi connectivity index (χ4n) is 3.43. The average molecular weight is 379 g/mol. The summed E-state index contributed by atoms with van der Waals surface area (Å²) in [4.78, 5) is 26.9. The zero-order chi connectivity index (χ0) is 19.9. The van der Waals surface area contributed by atoms with Crippen LogP contribution in [0.3, 0.4) is 0 Å². The third-order valence-corrected chi connectivity index (χ3v) is 5.06. The van der Waals surface area contributed by atoms with Gasteiger partial charge < -0.3 is 14.4 Å². The molecule has 1 heterocycles. The number of Topliss-reactive ketones (excluding diaryl/α,β-unsaturated/α-hetero) is 1. The molecule has 0 bridgehead atoms. The number of rotatable bonds is 6. The summed E-state index contributed by atoms with van der Waals surface area (Å²) in [5.41, 5.74) is 1.61. The molecule has 2 aromatic rings. The number of amides is 1. The summed E-state index contributed by atoms with van der Waals surface area (Å²) >= 11 is 0. The molecule has 0 aliphatic carbocycles. The van der Waals surface area contributed by atoms with E-state index in [0.29, 0.717) is 37.4 Å². The van der Waals surface area contributed by atoms with Crippen LogP contribution in [0.5, 0.6) is 11.5 Å². The van der Waals surface area contributed by atoms with E-state index in [4.69, 9.17) is 9.47 Å². The largest absolute Gasteiger partial charge is 0.493 e. The van der Waals surface area contributed by atoms with Crippen molar-refractivity contribution >= 4 is 17.8 Å². The van der Waals surface area contributed by atoms with E-state index in [9.17, 15) is 9.59 Å². The number of benzene rings is 2. The fourth-order valence-corrected chi connectivity index (χ4v) is 3.43. The highest BCUT2D eigenvalue weighted by Gasteiger charge is 2.27. The Labute approximate surface area is 165 Å². The summed E-state index contributed by atoms with van der Waals surface area (Å²) < 4.78 is 10.5. The predicted octanol–water partition coefficient (Wildman–Crippen LogP) is 3.84. The molecule has 1 fully saturated rings. The van der Waals surface area contributed by atoms with E-state index < -0.39 is 0 Å². The van der Waals surface area contributed by atoms with E-state index in [1.54, 1.807) is 31.3 Å². The summed E-state index contributed by atoms with van der Waals surface area (Å²) in [6.45, 7) is 1.19. The van der Waals surface area contributed by atoms with E-state index in [2.05, 4.69) is 0 Å². The first-order valence-electron chi connectivity index (χ1n) is 9.40. The molecule has 0 aromatic heterocycles. The van der Waals surface area contributed by atoms with Crippen LogP contribution in [-0.2, 0) is 4.79 Å². The number of carbonyl (C=O) groups excluding carboxylic acids is 2. The Balaban J connectivity index is 1.57. The maximum atomic E-state index is 12.6. The molecule has 1 aliphatic rings. The molecular weight excluding hydrogens is 354 g/mol. The second-order valence-corrected chi connectivity index (χ2v) is 6.78. The molecule has 0 saturated carbocycles. The molecule has 146 valence electrons. The fraction of sp³-hybridized carbons (Fsp3) is 0.304. The first kappa shape index (κ1) is 19.7. The van der Waals surface area contributed by atoms with E-state index in [-0.39, 0.29) is 17.6 Å². The molecule has 28 heavy (non-hydrogen) atoms. The number of carbonyl (C=O) groups is 2. The van der Waals surface area contributed by atoms with Gasteiger partial charge in [-0.05, 0) is 36.6 Å². The molecule has 3 rings (SSSR count). The van der Waals surface area contributed by atoms with Crippen LogP contribution in [0, 0.1) is 5.92 Å². The van der Waals surface area contributed by atoms with Crippen molar-refractivity contribution < 1.29 is 19.1 Å². The van der Waals surface area contributed by atoms with Crippen molar-refractivity contribution in [1.82, 2.24) is 4.90 Å². The van der Waals surface area contributed by atoms with Crippen LogP contribution in [0.2, 0.25) is 0 Å². The van der Waals surface area contributed by atoms with Crippen molar-refractivity contribution in [3.05, 3.63) is 65.7 Å². The second-order valence-electron chi connectivity index (χ2n) is 6.78. The molecule has 1 amide bonds. The van der Waals surface area contributed by atoms with E-state index >= 15 is 0 Å². The summed E-state index contributed by atoms with van der Waals surface area (Å²) in [7, 11) is 3.17. The van der Waals surface area contributed by atoms with E-state index in [1.165, 1.54) is 0 Å². The first-order valence-corrected chi connectivity index (χ1v) is 9.40.